The molecule has 74 valence electrons. The molecule has 0 aliphatic rings. The van der Waals surface area contributed by atoms with Gasteiger partial charge in [0.1, 0.15) is 5.15 Å². The number of aromatic amines is 1. The van der Waals surface area contributed by atoms with Gasteiger partial charge in [0.05, 0.1) is 0 Å². The molecule has 0 radical (unpaired) electrons. The standard InChI is InChI=1S/C6H10Cl2N3OP/c1-11(2)13(12-3)6-9-4(7)5(8)10-6/h1-3H3,(H,9,10). The van der Waals surface area contributed by atoms with Crippen molar-refractivity contribution >= 4 is 37.1 Å². The quantitative estimate of drug-likeness (QED) is 0.822. The molecule has 0 aliphatic carbocycles. The van der Waals surface area contributed by atoms with Crippen LogP contribution in [0.1, 0.15) is 0 Å². The van der Waals surface area contributed by atoms with Crippen molar-refractivity contribution < 1.29 is 4.52 Å². The van der Waals surface area contributed by atoms with Gasteiger partial charge in [0.2, 0.25) is 0 Å². The highest BCUT2D eigenvalue weighted by atomic mass is 35.5. The molecule has 1 atom stereocenters. The number of hydrogen-bond donors (Lipinski definition) is 1. The molecule has 1 aromatic rings. The van der Waals surface area contributed by atoms with Crippen molar-refractivity contribution in [2.45, 2.75) is 0 Å². The summed E-state index contributed by atoms with van der Waals surface area (Å²) in [6.07, 6.45) is 0. The van der Waals surface area contributed by atoms with Crippen LogP contribution in [0.25, 0.3) is 0 Å². The van der Waals surface area contributed by atoms with E-state index in [0.717, 1.165) is 0 Å². The number of aromatic nitrogens is 2. The van der Waals surface area contributed by atoms with Gasteiger partial charge in [-0.2, -0.15) is 0 Å². The van der Waals surface area contributed by atoms with Crippen LogP contribution in [0, 0.1) is 0 Å². The summed E-state index contributed by atoms with van der Waals surface area (Å²) >= 11 is 11.4. The Bertz CT molecular complexity index is 272. The molecular weight excluding hydrogens is 232 g/mol. The van der Waals surface area contributed by atoms with Crippen molar-refractivity contribution in [3.05, 3.63) is 10.3 Å². The zero-order chi connectivity index (χ0) is 10.0. The molecule has 7 heteroatoms. The second-order valence-corrected chi connectivity index (χ2v) is 5.34. The largest absolute Gasteiger partial charge is 0.341 e. The van der Waals surface area contributed by atoms with Crippen molar-refractivity contribution in [2.24, 2.45) is 0 Å². The van der Waals surface area contributed by atoms with E-state index in [2.05, 4.69) is 9.97 Å². The topological polar surface area (TPSA) is 41.1 Å². The van der Waals surface area contributed by atoms with Crippen LogP contribution in [0.5, 0.6) is 0 Å². The first kappa shape index (κ1) is 11.2. The molecular formula is C6H10Cl2N3OP. The Morgan fingerprint density at radius 2 is 2.08 bits per heavy atom. The van der Waals surface area contributed by atoms with Crippen LogP contribution < -0.4 is 5.57 Å². The maximum atomic E-state index is 5.72. The van der Waals surface area contributed by atoms with Crippen LogP contribution in [0.2, 0.25) is 10.3 Å². The fourth-order valence-corrected chi connectivity index (χ4v) is 2.51. The Morgan fingerprint density at radius 3 is 2.38 bits per heavy atom. The Morgan fingerprint density at radius 1 is 1.46 bits per heavy atom. The van der Waals surface area contributed by atoms with Gasteiger partial charge in [0.25, 0.3) is 0 Å². The third-order valence-electron chi connectivity index (χ3n) is 1.32. The Balaban J connectivity index is 2.92. The highest BCUT2D eigenvalue weighted by Crippen LogP contribution is 2.36. The summed E-state index contributed by atoms with van der Waals surface area (Å²) in [5, 5.41) is 0.631. The van der Waals surface area contributed by atoms with E-state index in [9.17, 15) is 0 Å². The van der Waals surface area contributed by atoms with E-state index in [-0.39, 0.29) is 5.15 Å². The molecule has 1 heterocycles. The van der Waals surface area contributed by atoms with Crippen LogP contribution in [0.4, 0.5) is 0 Å². The van der Waals surface area contributed by atoms with Gasteiger partial charge in [-0.3, -0.25) is 4.67 Å². The number of nitrogens with one attached hydrogen (secondary N) is 1. The lowest BCUT2D eigenvalue weighted by Gasteiger charge is -2.18. The summed E-state index contributed by atoms with van der Waals surface area (Å²) in [5.41, 5.74) is 0.664. The van der Waals surface area contributed by atoms with Gasteiger partial charge in [0, 0.05) is 7.11 Å². The maximum absolute atomic E-state index is 5.72. The highest BCUT2D eigenvalue weighted by Gasteiger charge is 2.19. The molecule has 1 unspecified atom stereocenters. The van der Waals surface area contributed by atoms with E-state index in [4.69, 9.17) is 27.7 Å². The van der Waals surface area contributed by atoms with Crippen LogP contribution >= 0.6 is 31.5 Å². The maximum Gasteiger partial charge on any atom is 0.176 e. The van der Waals surface area contributed by atoms with Gasteiger partial charge in [-0.05, 0) is 14.1 Å². The molecule has 0 saturated carbocycles. The lowest BCUT2D eigenvalue weighted by molar-refractivity contribution is 0.425. The fourth-order valence-electron chi connectivity index (χ4n) is 0.850. The minimum Gasteiger partial charge on any atom is -0.341 e. The third kappa shape index (κ3) is 2.55. The molecule has 0 aromatic carbocycles. The number of halogens is 2. The molecule has 0 saturated heterocycles. The van der Waals surface area contributed by atoms with Gasteiger partial charge in [-0.1, -0.05) is 23.2 Å². The number of hydrogen-bond acceptors (Lipinski definition) is 3. The van der Waals surface area contributed by atoms with E-state index < -0.39 is 8.30 Å². The minimum atomic E-state index is -0.910. The summed E-state index contributed by atoms with van der Waals surface area (Å²) in [7, 11) is 4.52. The molecule has 0 aliphatic heterocycles. The zero-order valence-corrected chi connectivity index (χ0v) is 9.91. The molecule has 4 nitrogen and oxygen atoms in total. The summed E-state index contributed by atoms with van der Waals surface area (Å²) < 4.78 is 7.16. The van der Waals surface area contributed by atoms with Gasteiger partial charge in [-0.15, -0.1) is 0 Å². The monoisotopic (exact) mass is 241 g/mol. The normalized spacial score (nSPS) is 13.7. The minimum absolute atomic E-state index is 0.281. The van der Waals surface area contributed by atoms with Crippen molar-refractivity contribution in [1.29, 1.82) is 0 Å². The van der Waals surface area contributed by atoms with Gasteiger partial charge < -0.3 is 9.51 Å². The third-order valence-corrected chi connectivity index (χ3v) is 3.61. The van der Waals surface area contributed by atoms with Gasteiger partial charge >= 0.3 is 0 Å². The lowest BCUT2D eigenvalue weighted by Crippen LogP contribution is -2.18. The summed E-state index contributed by atoms with van der Waals surface area (Å²) in [6.45, 7) is 0. The molecule has 0 bridgehead atoms. The molecule has 0 fully saturated rings. The van der Waals surface area contributed by atoms with Crippen LogP contribution in [0.3, 0.4) is 0 Å². The van der Waals surface area contributed by atoms with Gasteiger partial charge in [0.15, 0.2) is 19.0 Å². The molecule has 1 aromatic heterocycles. The Labute approximate surface area is 88.1 Å². The number of H-pyrrole nitrogens is 1. The van der Waals surface area contributed by atoms with E-state index in [1.165, 1.54) is 0 Å². The van der Waals surface area contributed by atoms with E-state index in [1.54, 1.807) is 7.11 Å². The number of imidazole rings is 1. The highest BCUT2D eigenvalue weighted by molar-refractivity contribution is 7.57. The molecule has 1 rings (SSSR count). The van der Waals surface area contributed by atoms with E-state index in [0.29, 0.717) is 10.7 Å². The fraction of sp³-hybridized carbons (Fsp3) is 0.500. The first-order valence-electron chi connectivity index (χ1n) is 3.48. The van der Waals surface area contributed by atoms with Crippen molar-refractivity contribution in [1.82, 2.24) is 14.6 Å². The predicted molar refractivity (Wildman–Crippen MR) is 55.9 cm³/mol. The first-order valence-corrected chi connectivity index (χ1v) is 5.45. The Hall–Kier alpha value is 0.140. The second-order valence-electron chi connectivity index (χ2n) is 2.47. The number of nitrogens with zero attached hydrogens (tertiary/aromatic N) is 2. The molecule has 1 N–H and O–H groups in total. The van der Waals surface area contributed by atoms with Crippen LogP contribution in [0.15, 0.2) is 0 Å². The summed E-state index contributed by atoms with van der Waals surface area (Å²) in [4.78, 5) is 6.90. The average molecular weight is 242 g/mol. The first-order chi connectivity index (χ1) is 6.06. The SMILES string of the molecule is COP(c1nc(Cl)c(Cl)[nH]1)N(C)C. The van der Waals surface area contributed by atoms with Crippen LogP contribution in [-0.2, 0) is 4.52 Å². The Kier molecular flexibility index (Phi) is 3.95. The van der Waals surface area contributed by atoms with Crippen molar-refractivity contribution in [2.75, 3.05) is 21.2 Å². The molecule has 0 spiro atoms. The summed E-state index contributed by atoms with van der Waals surface area (Å²) in [6, 6.07) is 0. The predicted octanol–water partition coefficient (Wildman–Crippen LogP) is 1.86. The van der Waals surface area contributed by atoms with E-state index >= 15 is 0 Å². The zero-order valence-electron chi connectivity index (χ0n) is 7.51. The summed E-state index contributed by atoms with van der Waals surface area (Å²) in [5.74, 6) is 0. The van der Waals surface area contributed by atoms with Crippen LogP contribution in [-0.4, -0.2) is 35.8 Å². The second kappa shape index (κ2) is 4.58. The number of rotatable bonds is 3. The van der Waals surface area contributed by atoms with Crippen molar-refractivity contribution in [3.63, 3.8) is 0 Å². The van der Waals surface area contributed by atoms with Crippen molar-refractivity contribution in [3.8, 4) is 0 Å². The average Bonchev–Trinajstić information content (AvgIpc) is 2.32. The van der Waals surface area contributed by atoms with Gasteiger partial charge in [-0.25, -0.2) is 4.98 Å². The lowest BCUT2D eigenvalue weighted by atomic mass is 10.9. The smallest absolute Gasteiger partial charge is 0.176 e. The molecule has 13 heavy (non-hydrogen) atoms. The van der Waals surface area contributed by atoms with E-state index in [1.807, 2.05) is 18.8 Å². The molecule has 0 amide bonds.